The highest BCUT2D eigenvalue weighted by atomic mass is 16.6. The van der Waals surface area contributed by atoms with E-state index in [1.807, 2.05) is 0 Å². The number of aliphatic hydroxyl groups is 1. The maximum absolute atomic E-state index is 13.0. The fourth-order valence-corrected chi connectivity index (χ4v) is 8.10. The van der Waals surface area contributed by atoms with Gasteiger partial charge in [0.25, 0.3) is 0 Å². The lowest BCUT2D eigenvalue weighted by Crippen LogP contribution is -2.28. The van der Waals surface area contributed by atoms with Crippen LogP contribution in [0.4, 0.5) is 0 Å². The van der Waals surface area contributed by atoms with Gasteiger partial charge in [0.05, 0.1) is 31.7 Å². The maximum atomic E-state index is 13.0. The third-order valence-electron chi connectivity index (χ3n) is 12.3. The Hall–Kier alpha value is -2.16. The van der Waals surface area contributed by atoms with Crippen LogP contribution in [0.1, 0.15) is 272 Å². The van der Waals surface area contributed by atoms with Crippen molar-refractivity contribution in [3.8, 4) is 0 Å². The molecule has 62 heavy (non-hydrogen) atoms. The summed E-state index contributed by atoms with van der Waals surface area (Å²) in [5.41, 5.74) is 0. The molecule has 0 aromatic rings. The molecule has 9 heteroatoms. The van der Waals surface area contributed by atoms with E-state index >= 15 is 0 Å². The summed E-state index contributed by atoms with van der Waals surface area (Å²) >= 11 is 0. The minimum atomic E-state index is -0.936. The first-order chi connectivity index (χ1) is 30.3. The second-order valence-corrected chi connectivity index (χ2v) is 18.3. The van der Waals surface area contributed by atoms with Crippen molar-refractivity contribution >= 4 is 23.9 Å². The largest absolute Gasteiger partial charge is 0.465 e. The molecule has 1 N–H and O–H groups in total. The van der Waals surface area contributed by atoms with E-state index in [9.17, 15) is 24.3 Å². The van der Waals surface area contributed by atoms with Crippen LogP contribution in [0.15, 0.2) is 0 Å². The van der Waals surface area contributed by atoms with Crippen molar-refractivity contribution in [2.24, 2.45) is 11.8 Å². The zero-order valence-corrected chi connectivity index (χ0v) is 41.1. The van der Waals surface area contributed by atoms with Crippen molar-refractivity contribution in [3.63, 3.8) is 0 Å². The van der Waals surface area contributed by atoms with E-state index in [1.54, 1.807) is 0 Å². The monoisotopic (exact) mass is 881 g/mol. The molecule has 0 aromatic carbocycles. The van der Waals surface area contributed by atoms with E-state index in [1.165, 1.54) is 141 Å². The van der Waals surface area contributed by atoms with Gasteiger partial charge < -0.3 is 24.1 Å². The number of unbranched alkanes of at least 4 members (excludes halogenated alkanes) is 26. The summed E-state index contributed by atoms with van der Waals surface area (Å²) in [6.07, 6.45) is 39.3. The molecule has 0 bridgehead atoms. The fourth-order valence-electron chi connectivity index (χ4n) is 8.10. The Labute approximate surface area is 382 Å². The molecule has 0 aliphatic rings. The molecule has 0 aliphatic heterocycles. The van der Waals surface area contributed by atoms with Crippen molar-refractivity contribution in [2.75, 3.05) is 26.4 Å². The molecular weight excluding hydrogens is 781 g/mol. The van der Waals surface area contributed by atoms with Gasteiger partial charge in [-0.3, -0.25) is 19.2 Å². The summed E-state index contributed by atoms with van der Waals surface area (Å²) in [7, 11) is 0. The van der Waals surface area contributed by atoms with Crippen LogP contribution in [0.25, 0.3) is 0 Å². The third-order valence-corrected chi connectivity index (χ3v) is 12.3. The summed E-state index contributed by atoms with van der Waals surface area (Å²) in [5.74, 6) is -1.24. The molecule has 0 saturated heterocycles. The van der Waals surface area contributed by atoms with Crippen LogP contribution in [0.3, 0.4) is 0 Å². The van der Waals surface area contributed by atoms with Gasteiger partial charge in [0.2, 0.25) is 0 Å². The number of carbonyl (C=O) groups excluding carboxylic acids is 4. The van der Waals surface area contributed by atoms with Crippen molar-refractivity contribution < 1.29 is 43.2 Å². The van der Waals surface area contributed by atoms with E-state index < -0.39 is 24.6 Å². The molecule has 0 heterocycles. The normalized spacial score (nSPS) is 12.8. The van der Waals surface area contributed by atoms with Gasteiger partial charge in [-0.05, 0) is 51.4 Å². The van der Waals surface area contributed by atoms with Crippen molar-refractivity contribution in [1.29, 1.82) is 0 Å². The summed E-state index contributed by atoms with van der Waals surface area (Å²) < 4.78 is 22.0. The molecule has 0 saturated carbocycles. The van der Waals surface area contributed by atoms with Gasteiger partial charge in [0.15, 0.2) is 6.10 Å². The van der Waals surface area contributed by atoms with Crippen molar-refractivity contribution in [2.45, 2.75) is 278 Å². The number of hydrogen-bond acceptors (Lipinski definition) is 9. The number of ether oxygens (including phenoxy) is 4. The molecule has 0 aromatic heterocycles. The highest BCUT2D eigenvalue weighted by Gasteiger charge is 2.21. The number of hydrogen-bond donors (Lipinski definition) is 1. The van der Waals surface area contributed by atoms with Crippen LogP contribution >= 0.6 is 0 Å². The Morgan fingerprint density at radius 2 is 0.677 bits per heavy atom. The van der Waals surface area contributed by atoms with Crippen molar-refractivity contribution in [3.05, 3.63) is 0 Å². The van der Waals surface area contributed by atoms with Gasteiger partial charge in [-0.2, -0.15) is 0 Å². The molecular formula is C53H100O9. The van der Waals surface area contributed by atoms with Gasteiger partial charge in [0.1, 0.15) is 6.61 Å². The Kier molecular flexibility index (Phi) is 45.2. The van der Waals surface area contributed by atoms with Gasteiger partial charge in [0, 0.05) is 12.8 Å². The van der Waals surface area contributed by atoms with E-state index in [0.717, 1.165) is 64.2 Å². The maximum Gasteiger partial charge on any atom is 0.308 e. The first-order valence-electron chi connectivity index (χ1n) is 26.6. The van der Waals surface area contributed by atoms with E-state index in [2.05, 4.69) is 27.7 Å². The van der Waals surface area contributed by atoms with Gasteiger partial charge in [-0.25, -0.2) is 0 Å². The third kappa shape index (κ3) is 39.4. The second kappa shape index (κ2) is 46.8. The molecule has 0 rings (SSSR count). The lowest BCUT2D eigenvalue weighted by Gasteiger charge is -2.17. The van der Waals surface area contributed by atoms with E-state index in [4.69, 9.17) is 18.9 Å². The summed E-state index contributed by atoms with van der Waals surface area (Å²) in [6, 6.07) is 0. The van der Waals surface area contributed by atoms with Gasteiger partial charge in [-0.1, -0.05) is 207 Å². The first kappa shape index (κ1) is 59.8. The highest BCUT2D eigenvalue weighted by molar-refractivity contribution is 5.73. The lowest BCUT2D eigenvalue weighted by molar-refractivity contribution is -0.161. The zero-order chi connectivity index (χ0) is 45.6. The topological polar surface area (TPSA) is 125 Å². The minimum absolute atomic E-state index is 0.0478. The Bertz CT molecular complexity index is 1020. The summed E-state index contributed by atoms with van der Waals surface area (Å²) in [6.45, 7) is 8.81. The second-order valence-electron chi connectivity index (χ2n) is 18.3. The average molecular weight is 881 g/mol. The average Bonchev–Trinajstić information content (AvgIpc) is 3.27. The van der Waals surface area contributed by atoms with Crippen LogP contribution < -0.4 is 0 Å². The molecule has 9 nitrogen and oxygen atoms in total. The molecule has 366 valence electrons. The van der Waals surface area contributed by atoms with E-state index in [-0.39, 0.29) is 56.4 Å². The minimum Gasteiger partial charge on any atom is -0.465 e. The SMILES string of the molecule is CCCCCCCCCCC(CCCCCCCC)C(=O)OCCCCC(=O)OC[C@H](CO)OC(=O)CCCCOC(=O)C(CCCCCCCC)CCCCCCCCCC. The molecule has 0 spiro atoms. The first-order valence-corrected chi connectivity index (χ1v) is 26.6. The van der Waals surface area contributed by atoms with Crippen molar-refractivity contribution in [1.82, 2.24) is 0 Å². The Morgan fingerprint density at radius 3 is 1.00 bits per heavy atom. The van der Waals surface area contributed by atoms with Crippen LogP contribution in [-0.4, -0.2) is 61.5 Å². The standard InChI is InChI=1S/C53H100O9/c1-5-9-13-17-21-23-27-31-39-47(37-29-25-19-15-11-7-3)52(57)59-43-35-33-41-50(55)61-46-49(45-54)62-51(56)42-34-36-44-60-53(58)48(38-30-26-20-16-12-8-4)40-32-28-24-22-18-14-10-6-2/h47-49,54H,5-46H2,1-4H3/t47?,48?,49-/m0/s1. The van der Waals surface area contributed by atoms with Crippen LogP contribution in [0.5, 0.6) is 0 Å². The fraction of sp³-hybridized carbons (Fsp3) is 0.925. The van der Waals surface area contributed by atoms with Crippen LogP contribution in [0, 0.1) is 11.8 Å². The quantitative estimate of drug-likeness (QED) is 0.0361. The number of carbonyl (C=O) groups is 4. The molecule has 0 radical (unpaired) electrons. The smallest absolute Gasteiger partial charge is 0.308 e. The highest BCUT2D eigenvalue weighted by Crippen LogP contribution is 2.23. The molecule has 3 atom stereocenters. The zero-order valence-electron chi connectivity index (χ0n) is 41.1. The van der Waals surface area contributed by atoms with Gasteiger partial charge >= 0.3 is 23.9 Å². The predicted molar refractivity (Wildman–Crippen MR) is 255 cm³/mol. The summed E-state index contributed by atoms with van der Waals surface area (Å²) in [5, 5.41) is 9.75. The molecule has 0 aliphatic carbocycles. The lowest BCUT2D eigenvalue weighted by atomic mass is 9.94. The Balaban J connectivity index is 4.43. The molecule has 0 fully saturated rings. The van der Waals surface area contributed by atoms with Gasteiger partial charge in [-0.15, -0.1) is 0 Å². The molecule has 2 unspecified atom stereocenters. The molecule has 0 amide bonds. The predicted octanol–water partition coefficient (Wildman–Crippen LogP) is 14.7. The van der Waals surface area contributed by atoms with Crippen LogP contribution in [0.2, 0.25) is 0 Å². The number of aliphatic hydroxyl groups excluding tert-OH is 1. The summed E-state index contributed by atoms with van der Waals surface area (Å²) in [4.78, 5) is 51.0. The van der Waals surface area contributed by atoms with E-state index in [0.29, 0.717) is 25.7 Å². The van der Waals surface area contributed by atoms with Crippen LogP contribution in [-0.2, 0) is 38.1 Å². The number of esters is 4. The Morgan fingerprint density at radius 1 is 0.371 bits per heavy atom. The number of rotatable bonds is 48.